The summed E-state index contributed by atoms with van der Waals surface area (Å²) in [6, 6.07) is 16.4. The smallest absolute Gasteiger partial charge is 0.291 e. The van der Waals surface area contributed by atoms with Crippen molar-refractivity contribution in [3.05, 3.63) is 104 Å². The fourth-order valence-electron chi connectivity index (χ4n) is 3.37. The molecular formula is C24H21ClN4O5. The second kappa shape index (κ2) is 9.80. The Hall–Kier alpha value is -4.11. The normalized spacial score (nSPS) is 10.8. The van der Waals surface area contributed by atoms with Crippen molar-refractivity contribution in [2.75, 3.05) is 5.32 Å². The van der Waals surface area contributed by atoms with Crippen LogP contribution in [0.3, 0.4) is 0 Å². The lowest BCUT2D eigenvalue weighted by Crippen LogP contribution is -2.12. The number of nitrogens with zero attached hydrogens (tertiary/aromatic N) is 3. The van der Waals surface area contributed by atoms with Gasteiger partial charge >= 0.3 is 0 Å². The van der Waals surface area contributed by atoms with Gasteiger partial charge in [0.25, 0.3) is 11.6 Å². The van der Waals surface area contributed by atoms with Crippen LogP contribution in [0.1, 0.15) is 33.3 Å². The average molecular weight is 481 g/mol. The molecule has 0 radical (unpaired) electrons. The van der Waals surface area contributed by atoms with Gasteiger partial charge in [0.15, 0.2) is 5.76 Å². The Morgan fingerprint density at radius 1 is 1.12 bits per heavy atom. The molecule has 174 valence electrons. The summed E-state index contributed by atoms with van der Waals surface area (Å²) in [5.41, 5.74) is 3.14. The van der Waals surface area contributed by atoms with Crippen molar-refractivity contribution in [3.8, 4) is 5.75 Å². The Labute approximate surface area is 200 Å². The van der Waals surface area contributed by atoms with Crippen LogP contribution in [0, 0.1) is 24.0 Å². The monoisotopic (exact) mass is 480 g/mol. The minimum Gasteiger partial charge on any atom is -0.486 e. The number of ether oxygens (including phenoxy) is 1. The lowest BCUT2D eigenvalue weighted by molar-refractivity contribution is -0.384. The van der Waals surface area contributed by atoms with Crippen molar-refractivity contribution < 1.29 is 18.9 Å². The van der Waals surface area contributed by atoms with Crippen molar-refractivity contribution >= 4 is 28.9 Å². The molecule has 34 heavy (non-hydrogen) atoms. The van der Waals surface area contributed by atoms with E-state index in [4.69, 9.17) is 20.8 Å². The van der Waals surface area contributed by atoms with E-state index in [-0.39, 0.29) is 18.1 Å². The van der Waals surface area contributed by atoms with Crippen LogP contribution in [0.5, 0.6) is 5.75 Å². The lowest BCUT2D eigenvalue weighted by atomic mass is 10.2. The van der Waals surface area contributed by atoms with E-state index in [1.807, 2.05) is 42.8 Å². The molecule has 4 rings (SSSR count). The van der Waals surface area contributed by atoms with Crippen LogP contribution in [0.4, 0.5) is 11.4 Å². The number of hydrogen-bond donors (Lipinski definition) is 1. The quantitative estimate of drug-likeness (QED) is 0.262. The van der Waals surface area contributed by atoms with Crippen molar-refractivity contribution in [1.82, 2.24) is 9.78 Å². The van der Waals surface area contributed by atoms with E-state index >= 15 is 0 Å². The van der Waals surface area contributed by atoms with Gasteiger partial charge in [0.2, 0.25) is 0 Å². The fourth-order valence-corrected chi connectivity index (χ4v) is 3.49. The Bertz CT molecular complexity index is 1330. The van der Waals surface area contributed by atoms with E-state index in [9.17, 15) is 14.9 Å². The van der Waals surface area contributed by atoms with E-state index in [1.165, 1.54) is 24.3 Å². The highest BCUT2D eigenvalue weighted by Gasteiger charge is 2.18. The molecule has 0 fully saturated rings. The molecule has 0 bridgehead atoms. The molecule has 0 aliphatic heterocycles. The summed E-state index contributed by atoms with van der Waals surface area (Å²) in [5.74, 6) is 0.619. The number of hydrogen-bond acceptors (Lipinski definition) is 6. The number of aryl methyl sites for hydroxylation is 1. The first kappa shape index (κ1) is 23.1. The number of anilines is 1. The Kier molecular flexibility index (Phi) is 6.65. The Balaban J connectivity index is 1.39. The fraction of sp³-hybridized carbons (Fsp3) is 0.167. The number of aromatic nitrogens is 2. The highest BCUT2D eigenvalue weighted by molar-refractivity contribution is 6.30. The van der Waals surface area contributed by atoms with Crippen molar-refractivity contribution in [3.63, 3.8) is 0 Å². The summed E-state index contributed by atoms with van der Waals surface area (Å²) >= 11 is 5.95. The van der Waals surface area contributed by atoms with Crippen LogP contribution in [-0.2, 0) is 13.2 Å². The summed E-state index contributed by atoms with van der Waals surface area (Å²) in [6.45, 7) is 4.33. The third-order valence-electron chi connectivity index (χ3n) is 5.18. The van der Waals surface area contributed by atoms with Crippen molar-refractivity contribution in [2.24, 2.45) is 0 Å². The van der Waals surface area contributed by atoms with Gasteiger partial charge in [-0.05, 0) is 55.8 Å². The summed E-state index contributed by atoms with van der Waals surface area (Å²) < 4.78 is 13.0. The number of carbonyl (C=O) groups is 1. The summed E-state index contributed by atoms with van der Waals surface area (Å²) in [5, 5.41) is 18.8. The first-order valence-corrected chi connectivity index (χ1v) is 10.7. The molecule has 2 aromatic carbocycles. The third kappa shape index (κ3) is 5.26. The van der Waals surface area contributed by atoms with E-state index in [0.29, 0.717) is 34.5 Å². The van der Waals surface area contributed by atoms with Gasteiger partial charge in [0, 0.05) is 17.2 Å². The van der Waals surface area contributed by atoms with Crippen molar-refractivity contribution in [2.45, 2.75) is 27.0 Å². The molecule has 1 N–H and O–H groups in total. The van der Waals surface area contributed by atoms with Gasteiger partial charge in [-0.3, -0.25) is 19.6 Å². The number of nitro groups is 1. The number of amides is 1. The van der Waals surface area contributed by atoms with Crippen LogP contribution < -0.4 is 10.1 Å². The molecular weight excluding hydrogens is 460 g/mol. The van der Waals surface area contributed by atoms with Gasteiger partial charge in [-0.15, -0.1) is 0 Å². The van der Waals surface area contributed by atoms with Gasteiger partial charge in [-0.1, -0.05) is 23.7 Å². The van der Waals surface area contributed by atoms with E-state index in [0.717, 1.165) is 11.3 Å². The van der Waals surface area contributed by atoms with E-state index in [2.05, 4.69) is 10.4 Å². The summed E-state index contributed by atoms with van der Waals surface area (Å²) in [6.07, 6.45) is 0. The predicted molar refractivity (Wildman–Crippen MR) is 126 cm³/mol. The molecule has 2 heterocycles. The molecule has 1 amide bonds. The number of benzene rings is 2. The van der Waals surface area contributed by atoms with Gasteiger partial charge < -0.3 is 14.5 Å². The molecule has 0 aliphatic carbocycles. The standard InChI is InChI=1S/C24H21ClN4O5/c1-15-23(16(2)28(27-15)13-17-3-5-18(25)6-4-17)26-24(30)22-12-11-21(34-22)14-33-20-9-7-19(8-10-20)29(31)32/h3-12H,13-14H2,1-2H3,(H,26,30). The molecule has 0 aliphatic rings. The summed E-state index contributed by atoms with van der Waals surface area (Å²) in [7, 11) is 0. The molecule has 0 unspecified atom stereocenters. The minimum atomic E-state index is -0.480. The molecule has 0 saturated carbocycles. The first-order valence-electron chi connectivity index (χ1n) is 10.4. The number of nitrogens with one attached hydrogen (secondary N) is 1. The lowest BCUT2D eigenvalue weighted by Gasteiger charge is -2.07. The maximum Gasteiger partial charge on any atom is 0.291 e. The van der Waals surface area contributed by atoms with E-state index < -0.39 is 10.8 Å². The highest BCUT2D eigenvalue weighted by Crippen LogP contribution is 2.23. The number of nitro benzene ring substituents is 1. The van der Waals surface area contributed by atoms with E-state index in [1.54, 1.807) is 12.1 Å². The van der Waals surface area contributed by atoms with Gasteiger partial charge in [-0.25, -0.2) is 0 Å². The van der Waals surface area contributed by atoms with Crippen LogP contribution >= 0.6 is 11.6 Å². The zero-order chi connectivity index (χ0) is 24.2. The minimum absolute atomic E-state index is 0.0219. The van der Waals surface area contributed by atoms with Crippen LogP contribution in [-0.4, -0.2) is 20.6 Å². The summed E-state index contributed by atoms with van der Waals surface area (Å²) in [4.78, 5) is 23.0. The zero-order valence-electron chi connectivity index (χ0n) is 18.4. The number of carbonyl (C=O) groups excluding carboxylic acids is 1. The molecule has 4 aromatic rings. The van der Waals surface area contributed by atoms with Gasteiger partial charge in [-0.2, -0.15) is 5.10 Å². The van der Waals surface area contributed by atoms with Crippen LogP contribution in [0.2, 0.25) is 5.02 Å². The molecule has 0 spiro atoms. The Morgan fingerprint density at radius 2 is 1.82 bits per heavy atom. The molecule has 10 heteroatoms. The SMILES string of the molecule is Cc1nn(Cc2ccc(Cl)cc2)c(C)c1NC(=O)c1ccc(COc2ccc([N+](=O)[O-])cc2)o1. The predicted octanol–water partition coefficient (Wildman–Crippen LogP) is 5.53. The number of non-ortho nitro benzene ring substituents is 1. The molecule has 0 saturated heterocycles. The molecule has 9 nitrogen and oxygen atoms in total. The first-order chi connectivity index (χ1) is 16.3. The van der Waals surface area contributed by atoms with Crippen LogP contribution in [0.25, 0.3) is 0 Å². The average Bonchev–Trinajstić information content (AvgIpc) is 3.40. The number of rotatable bonds is 8. The maximum absolute atomic E-state index is 12.8. The largest absolute Gasteiger partial charge is 0.486 e. The van der Waals surface area contributed by atoms with Crippen molar-refractivity contribution in [1.29, 1.82) is 0 Å². The molecule has 0 atom stereocenters. The second-order valence-electron chi connectivity index (χ2n) is 7.59. The third-order valence-corrected chi connectivity index (χ3v) is 5.43. The molecule has 2 aromatic heterocycles. The maximum atomic E-state index is 12.8. The highest BCUT2D eigenvalue weighted by atomic mass is 35.5. The Morgan fingerprint density at radius 3 is 2.50 bits per heavy atom. The topological polar surface area (TPSA) is 112 Å². The van der Waals surface area contributed by atoms with Gasteiger partial charge in [0.1, 0.15) is 18.1 Å². The second-order valence-corrected chi connectivity index (χ2v) is 8.03. The number of halogens is 1. The number of furan rings is 1. The zero-order valence-corrected chi connectivity index (χ0v) is 19.2. The van der Waals surface area contributed by atoms with Gasteiger partial charge in [0.05, 0.1) is 28.5 Å². The van der Waals surface area contributed by atoms with Crippen LogP contribution in [0.15, 0.2) is 65.1 Å².